The van der Waals surface area contributed by atoms with Gasteiger partial charge < -0.3 is 15.8 Å². The first-order valence-electron chi connectivity index (χ1n) is 9.29. The number of anilines is 2. The lowest BCUT2D eigenvalue weighted by atomic mass is 10.0. The van der Waals surface area contributed by atoms with Crippen LogP contribution in [0.2, 0.25) is 0 Å². The van der Waals surface area contributed by atoms with E-state index in [2.05, 4.69) is 21.2 Å². The van der Waals surface area contributed by atoms with E-state index in [9.17, 15) is 9.59 Å². The van der Waals surface area contributed by atoms with Gasteiger partial charge in [-0.1, -0.05) is 46.3 Å². The van der Waals surface area contributed by atoms with Crippen LogP contribution in [0.5, 0.6) is 0 Å². The monoisotopic (exact) mass is 443 g/mol. The van der Waals surface area contributed by atoms with Gasteiger partial charge in [0.15, 0.2) is 0 Å². The first kappa shape index (κ1) is 18.8. The average Bonchev–Trinajstić information content (AvgIpc) is 3.33. The number of ether oxygens (including phenoxy) is 1. The highest BCUT2D eigenvalue weighted by molar-refractivity contribution is 9.10. The summed E-state index contributed by atoms with van der Waals surface area (Å²) in [7, 11) is 0. The average molecular weight is 444 g/mol. The van der Waals surface area contributed by atoms with E-state index in [0.29, 0.717) is 24.3 Å². The van der Waals surface area contributed by atoms with Crippen molar-refractivity contribution in [2.75, 3.05) is 17.6 Å². The van der Waals surface area contributed by atoms with Gasteiger partial charge in [-0.15, -0.1) is 0 Å². The molecule has 0 aromatic heterocycles. The van der Waals surface area contributed by atoms with Crippen molar-refractivity contribution in [1.82, 2.24) is 4.90 Å². The highest BCUT2D eigenvalue weighted by Crippen LogP contribution is 2.55. The van der Waals surface area contributed by atoms with Crippen LogP contribution in [-0.2, 0) is 16.1 Å². The van der Waals surface area contributed by atoms with Gasteiger partial charge in [0.2, 0.25) is 5.91 Å². The summed E-state index contributed by atoms with van der Waals surface area (Å²) in [6.45, 7) is 0.753. The van der Waals surface area contributed by atoms with E-state index in [1.165, 1.54) is 0 Å². The minimum atomic E-state index is -0.552. The van der Waals surface area contributed by atoms with E-state index in [1.807, 2.05) is 36.4 Å². The minimum Gasteiger partial charge on any atom is -0.445 e. The number of halogens is 1. The maximum absolute atomic E-state index is 13.0. The van der Waals surface area contributed by atoms with E-state index in [4.69, 9.17) is 10.5 Å². The Morgan fingerprint density at radius 1 is 1.21 bits per heavy atom. The molecule has 4 rings (SSSR count). The minimum absolute atomic E-state index is 0.0661. The Bertz CT molecular complexity index is 899. The number of nitrogens with zero attached hydrogens (tertiary/aromatic N) is 1. The van der Waals surface area contributed by atoms with E-state index in [1.54, 1.807) is 17.0 Å². The Hall–Kier alpha value is -2.54. The number of benzene rings is 2. The molecule has 2 amide bonds. The fraction of sp³-hybridized carbons (Fsp3) is 0.333. The van der Waals surface area contributed by atoms with Crippen LogP contribution in [0.15, 0.2) is 53.0 Å². The summed E-state index contributed by atoms with van der Waals surface area (Å²) in [5.41, 5.74) is 7.97. The summed E-state index contributed by atoms with van der Waals surface area (Å²) in [6.07, 6.45) is 2.29. The van der Waals surface area contributed by atoms with Crippen molar-refractivity contribution in [3.05, 3.63) is 58.6 Å². The maximum Gasteiger partial charge on any atom is 0.410 e. The van der Waals surface area contributed by atoms with Crippen molar-refractivity contribution >= 4 is 39.3 Å². The molecule has 2 aliphatic rings. The van der Waals surface area contributed by atoms with Crippen LogP contribution >= 0.6 is 15.9 Å². The molecule has 2 aromatic carbocycles. The van der Waals surface area contributed by atoms with Crippen molar-refractivity contribution in [2.24, 2.45) is 5.41 Å². The Morgan fingerprint density at radius 3 is 2.68 bits per heavy atom. The van der Waals surface area contributed by atoms with Gasteiger partial charge in [-0.25, -0.2) is 4.79 Å². The molecule has 2 aromatic rings. The second-order valence-electron chi connectivity index (χ2n) is 7.61. The molecule has 1 aliphatic heterocycles. The van der Waals surface area contributed by atoms with Gasteiger partial charge in [0, 0.05) is 11.0 Å². The number of hydrogen-bond donors (Lipinski definition) is 2. The van der Waals surface area contributed by atoms with Crippen molar-refractivity contribution in [3.8, 4) is 0 Å². The number of nitrogen functional groups attached to an aromatic ring is 1. The van der Waals surface area contributed by atoms with Crippen molar-refractivity contribution in [2.45, 2.75) is 31.9 Å². The van der Waals surface area contributed by atoms with Crippen LogP contribution in [0, 0.1) is 5.41 Å². The van der Waals surface area contributed by atoms with Gasteiger partial charge in [0.1, 0.15) is 12.6 Å². The van der Waals surface area contributed by atoms with E-state index in [-0.39, 0.29) is 17.9 Å². The third-order valence-electron chi connectivity index (χ3n) is 5.48. The quantitative estimate of drug-likeness (QED) is 0.694. The number of likely N-dealkylation sites (tertiary alicyclic amines) is 1. The third-order valence-corrected chi connectivity index (χ3v) is 5.97. The summed E-state index contributed by atoms with van der Waals surface area (Å²) < 4.78 is 6.30. The van der Waals surface area contributed by atoms with Gasteiger partial charge in [0.25, 0.3) is 0 Å². The Morgan fingerprint density at radius 2 is 1.96 bits per heavy atom. The van der Waals surface area contributed by atoms with E-state index >= 15 is 0 Å². The fourth-order valence-corrected chi connectivity index (χ4v) is 4.04. The lowest BCUT2D eigenvalue weighted by Gasteiger charge is -2.23. The van der Waals surface area contributed by atoms with Crippen LogP contribution in [0.25, 0.3) is 0 Å². The molecule has 28 heavy (non-hydrogen) atoms. The molecule has 6 nitrogen and oxygen atoms in total. The lowest BCUT2D eigenvalue weighted by molar-refractivity contribution is -0.120. The SMILES string of the molecule is Nc1ccc(Br)cc1NC(=O)C1CC2(CC2)CN1C(=O)OCc1ccccc1. The molecule has 146 valence electrons. The van der Waals surface area contributed by atoms with Gasteiger partial charge in [-0.3, -0.25) is 9.69 Å². The fourth-order valence-electron chi connectivity index (χ4n) is 3.68. The standard InChI is InChI=1S/C21H22BrN3O3/c22-15-6-7-16(23)17(10-15)24-19(26)18-11-21(8-9-21)13-25(18)20(27)28-12-14-4-2-1-3-5-14/h1-7,10,18H,8-9,11-13,23H2,(H,24,26). The second kappa shape index (κ2) is 7.47. The summed E-state index contributed by atoms with van der Waals surface area (Å²) >= 11 is 3.38. The second-order valence-corrected chi connectivity index (χ2v) is 8.52. The smallest absolute Gasteiger partial charge is 0.410 e. The van der Waals surface area contributed by atoms with Crippen LogP contribution < -0.4 is 11.1 Å². The van der Waals surface area contributed by atoms with E-state index in [0.717, 1.165) is 22.9 Å². The molecular weight excluding hydrogens is 422 g/mol. The van der Waals surface area contributed by atoms with Crippen LogP contribution in [0.1, 0.15) is 24.8 Å². The molecule has 1 saturated carbocycles. The Kier molecular flexibility index (Phi) is 5.02. The molecule has 1 unspecified atom stereocenters. The summed E-state index contributed by atoms with van der Waals surface area (Å²) in [6, 6.07) is 14.3. The molecule has 1 spiro atoms. The highest BCUT2D eigenvalue weighted by Gasteiger charge is 2.55. The molecule has 1 heterocycles. The Labute approximate surface area is 172 Å². The number of carbonyl (C=O) groups is 2. The number of amides is 2. The topological polar surface area (TPSA) is 84.7 Å². The predicted octanol–water partition coefficient (Wildman–Crippen LogP) is 4.16. The molecule has 0 radical (unpaired) electrons. The molecule has 1 atom stereocenters. The molecule has 1 saturated heterocycles. The molecule has 7 heteroatoms. The molecule has 3 N–H and O–H groups in total. The van der Waals surface area contributed by atoms with Gasteiger partial charge >= 0.3 is 6.09 Å². The number of carbonyl (C=O) groups excluding carboxylic acids is 2. The molecule has 1 aliphatic carbocycles. The number of rotatable bonds is 4. The highest BCUT2D eigenvalue weighted by atomic mass is 79.9. The van der Waals surface area contributed by atoms with Gasteiger partial charge in [0.05, 0.1) is 11.4 Å². The maximum atomic E-state index is 13.0. The van der Waals surface area contributed by atoms with Crippen LogP contribution in [-0.4, -0.2) is 29.5 Å². The van der Waals surface area contributed by atoms with Crippen molar-refractivity contribution in [1.29, 1.82) is 0 Å². The molecule has 0 bridgehead atoms. The number of hydrogen-bond acceptors (Lipinski definition) is 4. The normalized spacial score (nSPS) is 19.5. The lowest BCUT2D eigenvalue weighted by Crippen LogP contribution is -2.43. The van der Waals surface area contributed by atoms with Crippen LogP contribution in [0.4, 0.5) is 16.2 Å². The summed E-state index contributed by atoms with van der Waals surface area (Å²) in [4.78, 5) is 27.2. The van der Waals surface area contributed by atoms with Gasteiger partial charge in [-0.2, -0.15) is 0 Å². The zero-order valence-corrected chi connectivity index (χ0v) is 16.9. The predicted molar refractivity (Wildman–Crippen MR) is 111 cm³/mol. The summed E-state index contributed by atoms with van der Waals surface area (Å²) in [5, 5.41) is 2.87. The zero-order valence-electron chi connectivity index (χ0n) is 15.4. The Balaban J connectivity index is 1.45. The summed E-state index contributed by atoms with van der Waals surface area (Å²) in [5.74, 6) is -0.231. The van der Waals surface area contributed by atoms with Crippen LogP contribution in [0.3, 0.4) is 0 Å². The number of nitrogens with one attached hydrogen (secondary N) is 1. The van der Waals surface area contributed by atoms with Crippen molar-refractivity contribution < 1.29 is 14.3 Å². The molecule has 2 fully saturated rings. The third kappa shape index (κ3) is 3.99. The van der Waals surface area contributed by atoms with Crippen molar-refractivity contribution in [3.63, 3.8) is 0 Å². The zero-order chi connectivity index (χ0) is 19.7. The first-order chi connectivity index (χ1) is 13.5. The largest absolute Gasteiger partial charge is 0.445 e. The van der Waals surface area contributed by atoms with E-state index < -0.39 is 12.1 Å². The molecular formula is C21H22BrN3O3. The number of nitrogens with two attached hydrogens (primary N) is 1. The first-order valence-corrected chi connectivity index (χ1v) is 10.1. The van der Waals surface area contributed by atoms with Gasteiger partial charge in [-0.05, 0) is 48.4 Å².